The molecule has 0 aromatic heterocycles. The Morgan fingerprint density at radius 1 is 1.03 bits per heavy atom. The summed E-state index contributed by atoms with van der Waals surface area (Å²) in [6, 6.07) is 13.3. The second kappa shape index (κ2) is 9.94. The molecule has 1 aliphatic carbocycles. The van der Waals surface area contributed by atoms with Crippen LogP contribution in [0.2, 0.25) is 0 Å². The third-order valence-electron chi connectivity index (χ3n) is 7.17. The van der Waals surface area contributed by atoms with Crippen molar-refractivity contribution >= 4 is 15.9 Å². The number of carbonyl (C=O) groups is 1. The molecular formula is C26H33FN2O3S. The molecule has 2 fully saturated rings. The molecule has 1 aliphatic heterocycles. The zero-order chi connectivity index (χ0) is 23.5. The van der Waals surface area contributed by atoms with Gasteiger partial charge in [-0.3, -0.25) is 4.79 Å². The Morgan fingerprint density at radius 2 is 1.70 bits per heavy atom. The van der Waals surface area contributed by atoms with Gasteiger partial charge >= 0.3 is 0 Å². The van der Waals surface area contributed by atoms with Gasteiger partial charge in [0.05, 0.1) is 10.3 Å². The molecule has 0 spiro atoms. The van der Waals surface area contributed by atoms with Gasteiger partial charge < -0.3 is 5.32 Å². The van der Waals surface area contributed by atoms with Gasteiger partial charge in [-0.2, -0.15) is 4.31 Å². The first-order chi connectivity index (χ1) is 15.8. The van der Waals surface area contributed by atoms with Crippen LogP contribution in [0, 0.1) is 11.2 Å². The minimum Gasteiger partial charge on any atom is -0.352 e. The van der Waals surface area contributed by atoms with E-state index in [2.05, 4.69) is 5.32 Å². The molecule has 1 saturated heterocycles. The first-order valence-corrected chi connectivity index (χ1v) is 13.3. The van der Waals surface area contributed by atoms with E-state index in [9.17, 15) is 17.6 Å². The van der Waals surface area contributed by atoms with E-state index in [1.54, 1.807) is 24.3 Å². The Hall–Kier alpha value is -2.25. The fraction of sp³-hybridized carbons (Fsp3) is 0.500. The average molecular weight is 473 g/mol. The number of hydrogen-bond acceptors (Lipinski definition) is 3. The van der Waals surface area contributed by atoms with Crippen molar-refractivity contribution in [2.45, 2.75) is 69.2 Å². The van der Waals surface area contributed by atoms with Crippen molar-refractivity contribution in [2.75, 3.05) is 13.1 Å². The lowest BCUT2D eigenvalue weighted by molar-refractivity contribution is -0.132. The maximum Gasteiger partial charge on any atom is 0.243 e. The van der Waals surface area contributed by atoms with E-state index in [1.165, 1.54) is 54.1 Å². The van der Waals surface area contributed by atoms with Crippen LogP contribution in [0.15, 0.2) is 53.4 Å². The zero-order valence-electron chi connectivity index (χ0n) is 19.2. The Morgan fingerprint density at radius 3 is 2.36 bits per heavy atom. The molecule has 1 heterocycles. The summed E-state index contributed by atoms with van der Waals surface area (Å²) in [4.78, 5) is 13.3. The lowest BCUT2D eigenvalue weighted by Crippen LogP contribution is -2.51. The summed E-state index contributed by atoms with van der Waals surface area (Å²) in [6.45, 7) is 2.66. The molecule has 33 heavy (non-hydrogen) atoms. The fourth-order valence-corrected chi connectivity index (χ4v) is 6.68. The number of piperidine rings is 1. The van der Waals surface area contributed by atoms with E-state index in [0.29, 0.717) is 25.3 Å². The molecular weight excluding hydrogens is 439 g/mol. The molecule has 178 valence electrons. The van der Waals surface area contributed by atoms with E-state index in [4.69, 9.17) is 0 Å². The smallest absolute Gasteiger partial charge is 0.243 e. The molecule has 0 radical (unpaired) electrons. The Balaban J connectivity index is 1.42. The molecule has 7 heteroatoms. The van der Waals surface area contributed by atoms with E-state index in [-0.39, 0.29) is 29.7 Å². The quantitative estimate of drug-likeness (QED) is 0.645. The summed E-state index contributed by atoms with van der Waals surface area (Å²) < 4.78 is 41.3. The molecule has 0 bridgehead atoms. The van der Waals surface area contributed by atoms with Gasteiger partial charge in [0.15, 0.2) is 0 Å². The molecule has 5 nitrogen and oxygen atoms in total. The summed E-state index contributed by atoms with van der Waals surface area (Å²) in [6.07, 6.45) is 7.34. The fourth-order valence-electron chi connectivity index (χ4n) is 5.08. The van der Waals surface area contributed by atoms with Gasteiger partial charge in [-0.25, -0.2) is 12.8 Å². The highest BCUT2D eigenvalue weighted by Crippen LogP contribution is 2.35. The summed E-state index contributed by atoms with van der Waals surface area (Å²) in [5, 5.41) is 2.90. The highest BCUT2D eigenvalue weighted by molar-refractivity contribution is 7.89. The van der Waals surface area contributed by atoms with Gasteiger partial charge in [0, 0.05) is 19.6 Å². The minimum absolute atomic E-state index is 0.148. The van der Waals surface area contributed by atoms with Crippen LogP contribution in [0.4, 0.5) is 4.39 Å². The van der Waals surface area contributed by atoms with Crippen LogP contribution in [0.5, 0.6) is 0 Å². The molecule has 1 saturated carbocycles. The van der Waals surface area contributed by atoms with Crippen molar-refractivity contribution in [3.63, 3.8) is 0 Å². The Labute approximate surface area is 196 Å². The van der Waals surface area contributed by atoms with Gasteiger partial charge in [0.2, 0.25) is 15.9 Å². The summed E-state index contributed by atoms with van der Waals surface area (Å²) in [5.41, 5.74) is 1.21. The van der Waals surface area contributed by atoms with Crippen LogP contribution < -0.4 is 5.32 Å². The Kier molecular flexibility index (Phi) is 7.19. The SMILES string of the molecule is CC1(C(=O)NCc2ccc(F)cc2)CCCN(S(=O)(=O)c2ccc(C3CCCCC3)cc2)C1. The van der Waals surface area contributed by atoms with E-state index >= 15 is 0 Å². The molecule has 2 aliphatic rings. The topological polar surface area (TPSA) is 66.5 Å². The standard InChI is InChI=1S/C26H33FN2O3S/c1-26(25(30)28-18-20-8-12-23(27)13-9-20)16-5-17-29(19-26)33(31,32)24-14-10-22(11-15-24)21-6-3-2-4-7-21/h8-15,21H,2-7,16-19H2,1H3,(H,28,30). The van der Waals surface area contributed by atoms with E-state index in [0.717, 1.165) is 5.56 Å². The normalized spacial score (nSPS) is 22.7. The van der Waals surface area contributed by atoms with Gasteiger partial charge in [-0.1, -0.05) is 43.5 Å². The Bertz CT molecular complexity index is 1060. The maximum atomic E-state index is 13.4. The number of carbonyl (C=O) groups excluding carboxylic acids is 1. The zero-order valence-corrected chi connectivity index (χ0v) is 20.0. The van der Waals surface area contributed by atoms with Crippen molar-refractivity contribution in [1.29, 1.82) is 0 Å². The van der Waals surface area contributed by atoms with Gasteiger partial charge in [-0.05, 0) is 73.9 Å². The predicted octanol–water partition coefficient (Wildman–Crippen LogP) is 4.98. The van der Waals surface area contributed by atoms with Gasteiger partial charge in [0.25, 0.3) is 0 Å². The molecule has 1 atom stereocenters. The third-order valence-corrected chi connectivity index (χ3v) is 9.03. The molecule has 1 amide bonds. The first-order valence-electron chi connectivity index (χ1n) is 11.9. The molecule has 1 N–H and O–H groups in total. The molecule has 1 unspecified atom stereocenters. The van der Waals surface area contributed by atoms with Crippen molar-refractivity contribution in [3.05, 3.63) is 65.5 Å². The van der Waals surface area contributed by atoms with Crippen LogP contribution in [-0.4, -0.2) is 31.7 Å². The second-order valence-electron chi connectivity index (χ2n) is 9.72. The number of amides is 1. The van der Waals surface area contributed by atoms with Gasteiger partial charge in [0.1, 0.15) is 5.82 Å². The lowest BCUT2D eigenvalue weighted by atomic mass is 9.82. The lowest BCUT2D eigenvalue weighted by Gasteiger charge is -2.38. The summed E-state index contributed by atoms with van der Waals surface area (Å²) in [5.74, 6) is 0.0231. The predicted molar refractivity (Wildman–Crippen MR) is 127 cm³/mol. The number of halogens is 1. The van der Waals surface area contributed by atoms with E-state index in [1.807, 2.05) is 19.1 Å². The molecule has 2 aromatic carbocycles. The number of sulfonamides is 1. The van der Waals surface area contributed by atoms with Gasteiger partial charge in [-0.15, -0.1) is 0 Å². The van der Waals surface area contributed by atoms with Crippen molar-refractivity contribution in [1.82, 2.24) is 9.62 Å². The first kappa shape index (κ1) is 23.9. The summed E-state index contributed by atoms with van der Waals surface area (Å²) >= 11 is 0. The number of hydrogen-bond donors (Lipinski definition) is 1. The summed E-state index contributed by atoms with van der Waals surface area (Å²) in [7, 11) is -3.67. The third kappa shape index (κ3) is 5.46. The number of nitrogens with one attached hydrogen (secondary N) is 1. The largest absolute Gasteiger partial charge is 0.352 e. The molecule has 2 aromatic rings. The molecule has 4 rings (SSSR count). The van der Waals surface area contributed by atoms with Crippen LogP contribution in [-0.2, 0) is 21.4 Å². The van der Waals surface area contributed by atoms with Crippen LogP contribution in [0.1, 0.15) is 68.9 Å². The second-order valence-corrected chi connectivity index (χ2v) is 11.7. The average Bonchev–Trinajstić information content (AvgIpc) is 2.84. The van der Waals surface area contributed by atoms with Crippen molar-refractivity contribution in [3.8, 4) is 0 Å². The maximum absolute atomic E-state index is 13.4. The highest BCUT2D eigenvalue weighted by Gasteiger charge is 2.41. The highest BCUT2D eigenvalue weighted by atomic mass is 32.2. The van der Waals surface area contributed by atoms with Crippen molar-refractivity contribution < 1.29 is 17.6 Å². The number of benzene rings is 2. The van der Waals surface area contributed by atoms with Crippen molar-refractivity contribution in [2.24, 2.45) is 5.41 Å². The van der Waals surface area contributed by atoms with E-state index < -0.39 is 15.4 Å². The van der Waals surface area contributed by atoms with Crippen LogP contribution >= 0.6 is 0 Å². The number of nitrogens with zero attached hydrogens (tertiary/aromatic N) is 1. The van der Waals surface area contributed by atoms with Crippen LogP contribution in [0.25, 0.3) is 0 Å². The number of rotatable bonds is 6. The minimum atomic E-state index is -3.67. The van der Waals surface area contributed by atoms with Crippen LogP contribution in [0.3, 0.4) is 0 Å². The monoisotopic (exact) mass is 472 g/mol.